The maximum Gasteiger partial charge on any atom is 0.233 e. The van der Waals surface area contributed by atoms with Crippen LogP contribution in [0.4, 0.5) is 5.82 Å². The second-order valence-electron chi connectivity index (χ2n) is 7.62. The Balaban J connectivity index is 1.85. The van der Waals surface area contributed by atoms with Crippen molar-refractivity contribution in [2.75, 3.05) is 11.6 Å². The summed E-state index contributed by atoms with van der Waals surface area (Å²) < 4.78 is 23.7. The second-order valence-corrected chi connectivity index (χ2v) is 10.0. The standard InChI is InChI=1S/C21H23ClN4O3S/c1-30(28,29)19-7-6-15(11-18(19)22)17(10-14-4-2-3-5-14)21(27)26-20-13-24-16(8-9-23)12-25-20/h6-7,11-14,17H,2-5,8,10H2,1H3,(H,25,26,27). The number of nitriles is 1. The Hall–Kier alpha value is -2.50. The highest BCUT2D eigenvalue weighted by Crippen LogP contribution is 2.36. The molecule has 0 spiro atoms. The lowest BCUT2D eigenvalue weighted by molar-refractivity contribution is -0.118. The molecule has 0 saturated heterocycles. The highest BCUT2D eigenvalue weighted by Gasteiger charge is 2.28. The number of amides is 1. The van der Waals surface area contributed by atoms with Gasteiger partial charge in [-0.05, 0) is 30.0 Å². The molecule has 0 bridgehead atoms. The molecule has 1 unspecified atom stereocenters. The molecule has 7 nitrogen and oxygen atoms in total. The van der Waals surface area contributed by atoms with Gasteiger partial charge in [-0.1, -0.05) is 43.4 Å². The van der Waals surface area contributed by atoms with Crippen LogP contribution in [0.25, 0.3) is 0 Å². The van der Waals surface area contributed by atoms with Crippen LogP contribution in [-0.2, 0) is 21.1 Å². The molecule has 1 N–H and O–H groups in total. The van der Waals surface area contributed by atoms with Gasteiger partial charge in [0.15, 0.2) is 15.7 Å². The van der Waals surface area contributed by atoms with Crippen LogP contribution in [0.3, 0.4) is 0 Å². The van der Waals surface area contributed by atoms with Gasteiger partial charge in [0.1, 0.15) is 0 Å². The summed E-state index contributed by atoms with van der Waals surface area (Å²) in [6.07, 6.45) is 9.24. The molecular formula is C21H23ClN4O3S. The Morgan fingerprint density at radius 1 is 1.30 bits per heavy atom. The summed E-state index contributed by atoms with van der Waals surface area (Å²) in [6, 6.07) is 6.68. The number of benzene rings is 1. The average molecular weight is 447 g/mol. The Kier molecular flexibility index (Phi) is 7.06. The summed E-state index contributed by atoms with van der Waals surface area (Å²) in [5, 5.41) is 11.6. The molecule has 158 valence electrons. The lowest BCUT2D eigenvalue weighted by atomic mass is 9.87. The van der Waals surface area contributed by atoms with E-state index in [2.05, 4.69) is 15.3 Å². The zero-order valence-corrected chi connectivity index (χ0v) is 18.2. The van der Waals surface area contributed by atoms with Crippen molar-refractivity contribution in [3.63, 3.8) is 0 Å². The highest BCUT2D eigenvalue weighted by molar-refractivity contribution is 7.90. The number of anilines is 1. The van der Waals surface area contributed by atoms with E-state index in [1.165, 1.54) is 18.5 Å². The number of hydrogen-bond donors (Lipinski definition) is 1. The van der Waals surface area contributed by atoms with E-state index >= 15 is 0 Å². The van der Waals surface area contributed by atoms with Gasteiger partial charge in [0.2, 0.25) is 5.91 Å². The molecule has 2 aromatic rings. The second kappa shape index (κ2) is 9.54. The van der Waals surface area contributed by atoms with E-state index < -0.39 is 15.8 Å². The predicted octanol–water partition coefficient (Wildman–Crippen LogP) is 3.90. The van der Waals surface area contributed by atoms with E-state index in [4.69, 9.17) is 16.9 Å². The van der Waals surface area contributed by atoms with Crippen molar-refractivity contribution in [2.45, 2.75) is 49.3 Å². The number of hydrogen-bond acceptors (Lipinski definition) is 6. The minimum absolute atomic E-state index is 0.0480. The number of rotatable bonds is 7. The summed E-state index contributed by atoms with van der Waals surface area (Å²) >= 11 is 6.23. The maximum absolute atomic E-state index is 13.1. The van der Waals surface area contributed by atoms with Crippen LogP contribution in [0.2, 0.25) is 5.02 Å². The molecule has 1 atom stereocenters. The lowest BCUT2D eigenvalue weighted by Crippen LogP contribution is -2.24. The molecule has 1 aromatic carbocycles. The molecule has 3 rings (SSSR count). The molecule has 1 aliphatic carbocycles. The molecule has 1 amide bonds. The molecule has 1 fully saturated rings. The molecule has 1 aromatic heterocycles. The van der Waals surface area contributed by atoms with Crippen molar-refractivity contribution in [3.05, 3.63) is 46.9 Å². The van der Waals surface area contributed by atoms with Gasteiger partial charge in [-0.2, -0.15) is 5.26 Å². The Morgan fingerprint density at radius 2 is 2.03 bits per heavy atom. The predicted molar refractivity (Wildman–Crippen MR) is 114 cm³/mol. The zero-order valence-electron chi connectivity index (χ0n) is 16.6. The zero-order chi connectivity index (χ0) is 21.7. The van der Waals surface area contributed by atoms with Crippen molar-refractivity contribution in [3.8, 4) is 6.07 Å². The number of aromatic nitrogens is 2. The Labute approximate surface area is 181 Å². The molecule has 1 aliphatic rings. The lowest BCUT2D eigenvalue weighted by Gasteiger charge is -2.21. The molecule has 1 saturated carbocycles. The van der Waals surface area contributed by atoms with Crippen molar-refractivity contribution in [1.82, 2.24) is 9.97 Å². The minimum Gasteiger partial charge on any atom is -0.309 e. The van der Waals surface area contributed by atoms with Crippen molar-refractivity contribution >= 4 is 33.2 Å². The first-order chi connectivity index (χ1) is 14.3. The van der Waals surface area contributed by atoms with E-state index in [-0.39, 0.29) is 22.2 Å². The minimum atomic E-state index is -3.45. The average Bonchev–Trinajstić information content (AvgIpc) is 3.20. The first-order valence-electron chi connectivity index (χ1n) is 9.76. The van der Waals surface area contributed by atoms with E-state index in [1.54, 1.807) is 12.1 Å². The van der Waals surface area contributed by atoms with Crippen LogP contribution in [0.15, 0.2) is 35.5 Å². The molecule has 9 heteroatoms. The number of halogens is 1. The van der Waals surface area contributed by atoms with Crippen LogP contribution < -0.4 is 5.32 Å². The fourth-order valence-electron chi connectivity index (χ4n) is 3.81. The quantitative estimate of drug-likeness (QED) is 0.689. The first kappa shape index (κ1) is 22.2. The summed E-state index contributed by atoms with van der Waals surface area (Å²) in [4.78, 5) is 21.4. The van der Waals surface area contributed by atoms with Crippen molar-refractivity contribution in [2.24, 2.45) is 5.92 Å². The molecule has 1 heterocycles. The number of sulfone groups is 1. The highest BCUT2D eigenvalue weighted by atomic mass is 35.5. The van der Waals surface area contributed by atoms with Gasteiger partial charge in [-0.25, -0.2) is 13.4 Å². The summed E-state index contributed by atoms with van der Waals surface area (Å²) in [5.74, 6) is 0.00219. The van der Waals surface area contributed by atoms with Crippen molar-refractivity contribution in [1.29, 1.82) is 5.26 Å². The largest absolute Gasteiger partial charge is 0.309 e. The summed E-state index contributed by atoms with van der Waals surface area (Å²) in [5.41, 5.74) is 1.20. The van der Waals surface area contributed by atoms with Gasteiger partial charge in [0.25, 0.3) is 0 Å². The third kappa shape index (κ3) is 5.55. The van der Waals surface area contributed by atoms with Crippen LogP contribution in [0.5, 0.6) is 0 Å². The van der Waals surface area contributed by atoms with Gasteiger partial charge >= 0.3 is 0 Å². The number of carbonyl (C=O) groups excluding carboxylic acids is 1. The fourth-order valence-corrected chi connectivity index (χ4v) is 5.15. The van der Waals surface area contributed by atoms with Gasteiger partial charge in [-0.3, -0.25) is 9.78 Å². The molecule has 30 heavy (non-hydrogen) atoms. The van der Waals surface area contributed by atoms with E-state index in [0.717, 1.165) is 31.9 Å². The summed E-state index contributed by atoms with van der Waals surface area (Å²) in [6.45, 7) is 0. The van der Waals surface area contributed by atoms with E-state index in [9.17, 15) is 13.2 Å². The van der Waals surface area contributed by atoms with Crippen molar-refractivity contribution < 1.29 is 13.2 Å². The van der Waals surface area contributed by atoms with E-state index in [0.29, 0.717) is 29.4 Å². The monoisotopic (exact) mass is 446 g/mol. The molecule has 0 radical (unpaired) electrons. The number of nitrogens with one attached hydrogen (secondary N) is 1. The molecular weight excluding hydrogens is 424 g/mol. The number of nitrogens with zero attached hydrogens (tertiary/aromatic N) is 3. The topological polar surface area (TPSA) is 113 Å². The maximum atomic E-state index is 13.1. The third-order valence-electron chi connectivity index (χ3n) is 5.33. The normalized spacial score (nSPS) is 15.5. The smallest absolute Gasteiger partial charge is 0.233 e. The van der Waals surface area contributed by atoms with Gasteiger partial charge < -0.3 is 5.32 Å². The van der Waals surface area contributed by atoms with Gasteiger partial charge in [0, 0.05) is 6.26 Å². The fraction of sp³-hybridized carbons (Fsp3) is 0.429. The number of carbonyl (C=O) groups is 1. The Morgan fingerprint density at radius 3 is 2.60 bits per heavy atom. The van der Waals surface area contributed by atoms with Crippen LogP contribution in [-0.4, -0.2) is 30.5 Å². The van der Waals surface area contributed by atoms with E-state index in [1.807, 2.05) is 6.07 Å². The van der Waals surface area contributed by atoms with Crippen LogP contribution >= 0.6 is 11.6 Å². The van der Waals surface area contributed by atoms with Gasteiger partial charge in [-0.15, -0.1) is 0 Å². The first-order valence-corrected chi connectivity index (χ1v) is 12.0. The SMILES string of the molecule is CS(=O)(=O)c1ccc(C(CC2CCCC2)C(=O)Nc2cnc(CC#N)cn2)cc1Cl. The van der Waals surface area contributed by atoms with Gasteiger partial charge in [0.05, 0.1) is 46.4 Å². The summed E-state index contributed by atoms with van der Waals surface area (Å²) in [7, 11) is -3.45. The van der Waals surface area contributed by atoms with Crippen LogP contribution in [0, 0.1) is 17.2 Å². The Bertz CT molecular complexity index is 1060. The molecule has 0 aliphatic heterocycles. The van der Waals surface area contributed by atoms with Crippen LogP contribution in [0.1, 0.15) is 49.3 Å². The third-order valence-corrected chi connectivity index (χ3v) is 6.91.